The number of hydrogen-bond acceptors (Lipinski definition) is 5. The van der Waals surface area contributed by atoms with Crippen LogP contribution in [0.1, 0.15) is 38.3 Å². The van der Waals surface area contributed by atoms with Gasteiger partial charge in [0.1, 0.15) is 24.0 Å². The zero-order valence-corrected chi connectivity index (χ0v) is 17.2. The van der Waals surface area contributed by atoms with Gasteiger partial charge in [-0.3, -0.25) is 4.79 Å². The molecular weight excluding hydrogens is 374 g/mol. The van der Waals surface area contributed by atoms with Crippen molar-refractivity contribution in [2.24, 2.45) is 5.92 Å². The molecule has 29 heavy (non-hydrogen) atoms. The van der Waals surface area contributed by atoms with Crippen LogP contribution in [0.3, 0.4) is 0 Å². The molecule has 1 atom stereocenters. The van der Waals surface area contributed by atoms with E-state index in [0.29, 0.717) is 23.5 Å². The van der Waals surface area contributed by atoms with Crippen molar-refractivity contribution in [2.75, 3.05) is 6.61 Å². The lowest BCUT2D eigenvalue weighted by Crippen LogP contribution is -2.44. The maximum atomic E-state index is 12.4. The Bertz CT molecular complexity index is 989. The summed E-state index contributed by atoms with van der Waals surface area (Å²) in [6.07, 6.45) is 0.154. The quantitative estimate of drug-likeness (QED) is 0.494. The summed E-state index contributed by atoms with van der Waals surface area (Å²) in [6.45, 7) is 11.2. The van der Waals surface area contributed by atoms with Crippen LogP contribution in [0.5, 0.6) is 5.75 Å². The van der Waals surface area contributed by atoms with Crippen LogP contribution >= 0.6 is 0 Å². The fourth-order valence-corrected chi connectivity index (χ4v) is 2.96. The van der Waals surface area contributed by atoms with Gasteiger partial charge in [0.05, 0.1) is 0 Å². The number of carbonyl (C=O) groups excluding carboxylic acids is 1. The molecule has 1 aromatic carbocycles. The third-order valence-electron chi connectivity index (χ3n) is 4.60. The molecule has 0 radical (unpaired) electrons. The number of aryl methyl sites for hydroxylation is 1. The van der Waals surface area contributed by atoms with E-state index in [0.717, 1.165) is 16.5 Å². The molecule has 0 aliphatic carbocycles. The molecule has 1 aromatic heterocycles. The highest BCUT2D eigenvalue weighted by Crippen LogP contribution is 2.25. The summed E-state index contributed by atoms with van der Waals surface area (Å²) in [5, 5.41) is 12.4. The molecule has 2 N–H and O–H groups in total. The summed E-state index contributed by atoms with van der Waals surface area (Å²) >= 11 is 0. The molecule has 156 valence electrons. The van der Waals surface area contributed by atoms with Gasteiger partial charge in [0.2, 0.25) is 5.91 Å². The van der Waals surface area contributed by atoms with Crippen LogP contribution < -0.4 is 15.7 Å². The van der Waals surface area contributed by atoms with Crippen molar-refractivity contribution >= 4 is 22.8 Å². The summed E-state index contributed by atoms with van der Waals surface area (Å²) in [4.78, 5) is 35.8. The number of carboxylic acids is 1. The van der Waals surface area contributed by atoms with Crippen LogP contribution in [0.4, 0.5) is 0 Å². The number of nitrogens with one attached hydrogen (secondary N) is 1. The van der Waals surface area contributed by atoms with E-state index in [4.69, 9.17) is 9.15 Å². The number of amides is 1. The van der Waals surface area contributed by atoms with Gasteiger partial charge in [0, 0.05) is 23.4 Å². The highest BCUT2D eigenvalue weighted by molar-refractivity contribution is 5.85. The zero-order chi connectivity index (χ0) is 21.7. The standard InChI is InChI=1S/C22H27NO6/c1-12(2)11-28-15-6-7-16-14(5)17(22(27)29-18(16)10-15)8-9-19(24)23-20(13(3)4)21(25)26/h6-7,10,13,20H,1,8-9,11H2,2-5H3,(H,23,24)(H,25,26). The maximum absolute atomic E-state index is 12.4. The number of carbonyl (C=O) groups is 2. The van der Waals surface area contributed by atoms with Gasteiger partial charge < -0.3 is 19.6 Å². The first kappa shape index (κ1) is 22.2. The van der Waals surface area contributed by atoms with Crippen molar-refractivity contribution < 1.29 is 23.8 Å². The lowest BCUT2D eigenvalue weighted by Gasteiger charge is -2.18. The molecule has 2 rings (SSSR count). The molecule has 1 unspecified atom stereocenters. The Hall–Kier alpha value is -3.09. The second-order valence-electron chi connectivity index (χ2n) is 7.52. The van der Waals surface area contributed by atoms with Crippen LogP contribution in [-0.2, 0) is 16.0 Å². The average molecular weight is 401 g/mol. The topological polar surface area (TPSA) is 106 Å². The second kappa shape index (κ2) is 9.41. The van der Waals surface area contributed by atoms with Crippen LogP contribution in [0, 0.1) is 12.8 Å². The van der Waals surface area contributed by atoms with Gasteiger partial charge in [0.25, 0.3) is 0 Å². The van der Waals surface area contributed by atoms with E-state index in [1.54, 1.807) is 32.9 Å². The lowest BCUT2D eigenvalue weighted by molar-refractivity contribution is -0.143. The normalized spacial score (nSPS) is 12.0. The van der Waals surface area contributed by atoms with E-state index >= 15 is 0 Å². The molecule has 7 heteroatoms. The molecule has 0 saturated carbocycles. The molecule has 1 heterocycles. The van der Waals surface area contributed by atoms with Gasteiger partial charge in [-0.15, -0.1) is 0 Å². The molecular formula is C22H27NO6. The number of ether oxygens (including phenoxy) is 1. The van der Waals surface area contributed by atoms with Crippen LogP contribution in [0.25, 0.3) is 11.0 Å². The summed E-state index contributed by atoms with van der Waals surface area (Å²) in [5.41, 5.74) is 1.90. The van der Waals surface area contributed by atoms with Crippen molar-refractivity contribution in [3.63, 3.8) is 0 Å². The van der Waals surface area contributed by atoms with Gasteiger partial charge in [0.15, 0.2) is 0 Å². The second-order valence-corrected chi connectivity index (χ2v) is 7.52. The first-order valence-electron chi connectivity index (χ1n) is 9.45. The minimum absolute atomic E-state index is 0.00653. The number of aliphatic carboxylic acids is 1. The molecule has 2 aromatic rings. The van der Waals surface area contributed by atoms with E-state index in [-0.39, 0.29) is 18.8 Å². The molecule has 0 aliphatic heterocycles. The maximum Gasteiger partial charge on any atom is 0.339 e. The van der Waals surface area contributed by atoms with Crippen molar-refractivity contribution in [1.82, 2.24) is 5.32 Å². The first-order valence-corrected chi connectivity index (χ1v) is 9.45. The minimum atomic E-state index is -1.08. The van der Waals surface area contributed by atoms with E-state index in [1.807, 2.05) is 13.0 Å². The van der Waals surface area contributed by atoms with Crippen molar-refractivity contribution in [1.29, 1.82) is 0 Å². The minimum Gasteiger partial charge on any atom is -0.489 e. The molecule has 0 bridgehead atoms. The largest absolute Gasteiger partial charge is 0.489 e. The molecule has 0 spiro atoms. The Balaban J connectivity index is 2.18. The van der Waals surface area contributed by atoms with Gasteiger partial charge in [-0.1, -0.05) is 20.4 Å². The number of rotatable bonds is 9. The fraction of sp³-hybridized carbons (Fsp3) is 0.409. The highest BCUT2D eigenvalue weighted by Gasteiger charge is 2.23. The Morgan fingerprint density at radius 2 is 2.00 bits per heavy atom. The molecule has 0 aliphatic rings. The number of hydrogen-bond donors (Lipinski definition) is 2. The molecule has 0 fully saturated rings. The smallest absolute Gasteiger partial charge is 0.339 e. The monoisotopic (exact) mass is 401 g/mol. The predicted molar refractivity (Wildman–Crippen MR) is 110 cm³/mol. The van der Waals surface area contributed by atoms with E-state index < -0.39 is 23.5 Å². The molecule has 7 nitrogen and oxygen atoms in total. The number of benzene rings is 1. The fourth-order valence-electron chi connectivity index (χ4n) is 2.96. The van der Waals surface area contributed by atoms with Gasteiger partial charge in [-0.05, 0) is 49.5 Å². The van der Waals surface area contributed by atoms with Crippen LogP contribution in [0.15, 0.2) is 39.6 Å². The van der Waals surface area contributed by atoms with Crippen molar-refractivity contribution in [3.05, 3.63) is 51.9 Å². The third kappa shape index (κ3) is 5.70. The van der Waals surface area contributed by atoms with Crippen LogP contribution in [0.2, 0.25) is 0 Å². The predicted octanol–water partition coefficient (Wildman–Crippen LogP) is 3.21. The summed E-state index contributed by atoms with van der Waals surface area (Å²) in [7, 11) is 0. The summed E-state index contributed by atoms with van der Waals surface area (Å²) in [5.74, 6) is -1.18. The SMILES string of the molecule is C=C(C)COc1ccc2c(C)c(CCC(=O)NC(C(=O)O)C(C)C)c(=O)oc2c1. The Morgan fingerprint density at radius 1 is 1.31 bits per heavy atom. The molecule has 1 amide bonds. The summed E-state index contributed by atoms with van der Waals surface area (Å²) in [6, 6.07) is 4.29. The highest BCUT2D eigenvalue weighted by atomic mass is 16.5. The third-order valence-corrected chi connectivity index (χ3v) is 4.60. The lowest BCUT2D eigenvalue weighted by atomic mass is 10.0. The Morgan fingerprint density at radius 3 is 2.59 bits per heavy atom. The molecule has 0 saturated heterocycles. The van der Waals surface area contributed by atoms with E-state index in [1.165, 1.54) is 0 Å². The Kier molecular flexibility index (Phi) is 7.20. The van der Waals surface area contributed by atoms with Crippen molar-refractivity contribution in [3.8, 4) is 5.75 Å². The Labute approximate surface area is 169 Å². The van der Waals surface area contributed by atoms with E-state index in [9.17, 15) is 19.5 Å². The average Bonchev–Trinajstić information content (AvgIpc) is 2.63. The van der Waals surface area contributed by atoms with E-state index in [2.05, 4.69) is 11.9 Å². The van der Waals surface area contributed by atoms with Gasteiger partial charge in [-0.25, -0.2) is 9.59 Å². The number of fused-ring (bicyclic) bond motifs is 1. The van der Waals surface area contributed by atoms with Crippen molar-refractivity contribution in [2.45, 2.75) is 46.6 Å². The van der Waals surface area contributed by atoms with Gasteiger partial charge in [-0.2, -0.15) is 0 Å². The number of carboxylic acid groups (broad SMARTS) is 1. The summed E-state index contributed by atoms with van der Waals surface area (Å²) < 4.78 is 11.0. The first-order chi connectivity index (χ1) is 13.6. The van der Waals surface area contributed by atoms with Gasteiger partial charge >= 0.3 is 11.6 Å². The zero-order valence-electron chi connectivity index (χ0n) is 17.2. The van der Waals surface area contributed by atoms with Crippen LogP contribution in [-0.4, -0.2) is 29.6 Å².